The third-order valence-electron chi connectivity index (χ3n) is 3.28. The van der Waals surface area contributed by atoms with Crippen molar-refractivity contribution < 1.29 is 9.47 Å². The van der Waals surface area contributed by atoms with Crippen LogP contribution in [-0.2, 0) is 0 Å². The first-order valence-corrected chi connectivity index (χ1v) is 7.33. The summed E-state index contributed by atoms with van der Waals surface area (Å²) in [7, 11) is 0. The Kier molecular flexibility index (Phi) is 4.94. The van der Waals surface area contributed by atoms with Gasteiger partial charge in [-0.05, 0) is 30.5 Å². The zero-order valence-electron chi connectivity index (χ0n) is 11.8. The fourth-order valence-electron chi connectivity index (χ4n) is 2.32. The van der Waals surface area contributed by atoms with E-state index in [2.05, 4.69) is 26.1 Å². The molecule has 1 N–H and O–H groups in total. The quantitative estimate of drug-likeness (QED) is 0.891. The van der Waals surface area contributed by atoms with E-state index < -0.39 is 0 Å². The second kappa shape index (κ2) is 6.49. The molecule has 0 aromatic heterocycles. The summed E-state index contributed by atoms with van der Waals surface area (Å²) >= 11 is 6.40. The minimum Gasteiger partial charge on any atom is -0.486 e. The topological polar surface area (TPSA) is 30.5 Å². The summed E-state index contributed by atoms with van der Waals surface area (Å²) in [5.74, 6) is 2.01. The predicted molar refractivity (Wildman–Crippen MR) is 78.3 cm³/mol. The molecule has 1 unspecified atom stereocenters. The van der Waals surface area contributed by atoms with E-state index in [1.165, 1.54) is 0 Å². The number of halogens is 1. The van der Waals surface area contributed by atoms with Gasteiger partial charge in [0.15, 0.2) is 11.5 Å². The molecule has 4 heteroatoms. The van der Waals surface area contributed by atoms with Crippen molar-refractivity contribution in [2.24, 2.45) is 5.92 Å². The Hall–Kier alpha value is -0.930. The molecule has 1 heterocycles. The second-order valence-corrected chi connectivity index (χ2v) is 5.60. The molecule has 0 amide bonds. The summed E-state index contributed by atoms with van der Waals surface area (Å²) in [5, 5.41) is 4.29. The van der Waals surface area contributed by atoms with Crippen LogP contribution in [0, 0.1) is 5.92 Å². The van der Waals surface area contributed by atoms with Crippen LogP contribution in [0.25, 0.3) is 0 Å². The lowest BCUT2D eigenvalue weighted by atomic mass is 9.95. The smallest absolute Gasteiger partial charge is 0.162 e. The van der Waals surface area contributed by atoms with Crippen molar-refractivity contribution >= 4 is 11.6 Å². The lowest BCUT2D eigenvalue weighted by molar-refractivity contribution is 0.171. The molecule has 0 fully saturated rings. The zero-order valence-corrected chi connectivity index (χ0v) is 12.6. The van der Waals surface area contributed by atoms with Crippen LogP contribution < -0.4 is 14.8 Å². The Bertz CT molecular complexity index is 434. The molecule has 19 heavy (non-hydrogen) atoms. The molecule has 2 rings (SSSR count). The summed E-state index contributed by atoms with van der Waals surface area (Å²) in [4.78, 5) is 0. The van der Waals surface area contributed by atoms with Gasteiger partial charge in [-0.1, -0.05) is 32.4 Å². The second-order valence-electron chi connectivity index (χ2n) is 5.19. The first-order valence-electron chi connectivity index (χ1n) is 6.96. The summed E-state index contributed by atoms with van der Waals surface area (Å²) in [6.45, 7) is 8.72. The van der Waals surface area contributed by atoms with Gasteiger partial charge in [0.25, 0.3) is 0 Å². The van der Waals surface area contributed by atoms with Crippen molar-refractivity contribution in [2.45, 2.75) is 33.2 Å². The van der Waals surface area contributed by atoms with Crippen LogP contribution in [0.15, 0.2) is 12.1 Å². The molecule has 0 bridgehead atoms. The number of nitrogens with one attached hydrogen (secondary N) is 1. The molecule has 1 aromatic carbocycles. The lowest BCUT2D eigenvalue weighted by Gasteiger charge is -2.26. The van der Waals surface area contributed by atoms with Gasteiger partial charge in [0.1, 0.15) is 13.2 Å². The lowest BCUT2D eigenvalue weighted by Crippen LogP contribution is -2.27. The first-order chi connectivity index (χ1) is 9.13. The maximum atomic E-state index is 6.40. The van der Waals surface area contributed by atoms with Gasteiger partial charge in [-0.3, -0.25) is 0 Å². The molecule has 0 radical (unpaired) electrons. The van der Waals surface area contributed by atoms with E-state index in [9.17, 15) is 0 Å². The molecule has 3 nitrogen and oxygen atoms in total. The molecule has 0 spiro atoms. The molecule has 0 saturated heterocycles. The van der Waals surface area contributed by atoms with Crippen molar-refractivity contribution in [1.29, 1.82) is 0 Å². The summed E-state index contributed by atoms with van der Waals surface area (Å²) in [5.41, 5.74) is 1.09. The molecule has 1 aromatic rings. The molecule has 1 aliphatic rings. The third-order valence-corrected chi connectivity index (χ3v) is 3.60. The highest BCUT2D eigenvalue weighted by Gasteiger charge is 2.22. The predicted octanol–water partition coefficient (Wildman–Crippen LogP) is 3.81. The number of hydrogen-bond acceptors (Lipinski definition) is 3. The monoisotopic (exact) mass is 283 g/mol. The van der Waals surface area contributed by atoms with Gasteiger partial charge in [-0.15, -0.1) is 0 Å². The van der Waals surface area contributed by atoms with Gasteiger partial charge in [0, 0.05) is 17.1 Å². The molecule has 1 aliphatic heterocycles. The fourth-order valence-corrected chi connectivity index (χ4v) is 2.59. The minimum atomic E-state index is 0.239. The summed E-state index contributed by atoms with van der Waals surface area (Å²) in [6.07, 6.45) is 1.10. The van der Waals surface area contributed by atoms with Gasteiger partial charge in [-0.25, -0.2) is 0 Å². The fraction of sp³-hybridized carbons (Fsp3) is 0.600. The van der Waals surface area contributed by atoms with Crippen LogP contribution in [0.3, 0.4) is 0 Å². The van der Waals surface area contributed by atoms with E-state index in [0.29, 0.717) is 19.1 Å². The molecule has 106 valence electrons. The average molecular weight is 284 g/mol. The number of hydrogen-bond donors (Lipinski definition) is 1. The Labute approximate surface area is 120 Å². The van der Waals surface area contributed by atoms with E-state index in [-0.39, 0.29) is 6.04 Å². The standard InChI is InChI=1S/C15H22ClNO2/c1-4-5-17-15(10(2)3)11-8-13-14(9-12(11)16)19-7-6-18-13/h8-10,15,17H,4-7H2,1-3H3. The van der Waals surface area contributed by atoms with Crippen molar-refractivity contribution in [3.05, 3.63) is 22.7 Å². The summed E-state index contributed by atoms with van der Waals surface area (Å²) in [6, 6.07) is 4.13. The Morgan fingerprint density at radius 1 is 1.21 bits per heavy atom. The van der Waals surface area contributed by atoms with Gasteiger partial charge in [-0.2, -0.15) is 0 Å². The molecule has 0 saturated carbocycles. The SMILES string of the molecule is CCCNC(c1cc2c(cc1Cl)OCCO2)C(C)C. The van der Waals surface area contributed by atoms with Crippen molar-refractivity contribution in [3.63, 3.8) is 0 Å². The van der Waals surface area contributed by atoms with E-state index >= 15 is 0 Å². The van der Waals surface area contributed by atoms with Crippen LogP contribution in [0.2, 0.25) is 5.02 Å². The van der Waals surface area contributed by atoms with Crippen LogP contribution in [0.4, 0.5) is 0 Å². The van der Waals surface area contributed by atoms with Crippen molar-refractivity contribution in [3.8, 4) is 11.5 Å². The van der Waals surface area contributed by atoms with E-state index in [1.807, 2.05) is 12.1 Å². The van der Waals surface area contributed by atoms with Gasteiger partial charge in [0.05, 0.1) is 0 Å². The van der Waals surface area contributed by atoms with Crippen molar-refractivity contribution in [1.82, 2.24) is 5.32 Å². The van der Waals surface area contributed by atoms with Crippen LogP contribution in [-0.4, -0.2) is 19.8 Å². The maximum absolute atomic E-state index is 6.40. The van der Waals surface area contributed by atoms with E-state index in [1.54, 1.807) is 0 Å². The largest absolute Gasteiger partial charge is 0.486 e. The van der Waals surface area contributed by atoms with Crippen LogP contribution >= 0.6 is 11.6 Å². The number of benzene rings is 1. The highest BCUT2D eigenvalue weighted by molar-refractivity contribution is 6.31. The minimum absolute atomic E-state index is 0.239. The van der Waals surface area contributed by atoms with Crippen LogP contribution in [0.5, 0.6) is 11.5 Å². The Morgan fingerprint density at radius 2 is 1.84 bits per heavy atom. The number of fused-ring (bicyclic) bond motifs is 1. The normalized spacial score (nSPS) is 15.6. The van der Waals surface area contributed by atoms with Crippen LogP contribution in [0.1, 0.15) is 38.8 Å². The van der Waals surface area contributed by atoms with Gasteiger partial charge >= 0.3 is 0 Å². The first kappa shape index (κ1) is 14.5. The van der Waals surface area contributed by atoms with Gasteiger partial charge < -0.3 is 14.8 Å². The molecular weight excluding hydrogens is 262 g/mol. The zero-order chi connectivity index (χ0) is 13.8. The number of ether oxygens (including phenoxy) is 2. The maximum Gasteiger partial charge on any atom is 0.162 e. The molecular formula is C15H22ClNO2. The Balaban J connectivity index is 2.30. The third kappa shape index (κ3) is 3.34. The highest BCUT2D eigenvalue weighted by Crippen LogP contribution is 2.39. The van der Waals surface area contributed by atoms with Gasteiger partial charge in [0.2, 0.25) is 0 Å². The van der Waals surface area contributed by atoms with E-state index in [0.717, 1.165) is 35.1 Å². The molecule has 0 aliphatic carbocycles. The Morgan fingerprint density at radius 3 is 2.42 bits per heavy atom. The van der Waals surface area contributed by atoms with E-state index in [4.69, 9.17) is 21.1 Å². The molecule has 1 atom stereocenters. The van der Waals surface area contributed by atoms with Crippen molar-refractivity contribution in [2.75, 3.05) is 19.8 Å². The summed E-state index contributed by atoms with van der Waals surface area (Å²) < 4.78 is 11.2. The number of rotatable bonds is 5. The average Bonchev–Trinajstić information content (AvgIpc) is 2.39. The highest BCUT2D eigenvalue weighted by atomic mass is 35.5.